The number of fused-ring (bicyclic) bond motifs is 1. The first-order valence-corrected chi connectivity index (χ1v) is 7.54. The summed E-state index contributed by atoms with van der Waals surface area (Å²) in [5.41, 5.74) is 2.62. The van der Waals surface area contributed by atoms with E-state index in [-0.39, 0.29) is 17.3 Å². The third-order valence-electron chi connectivity index (χ3n) is 3.73. The minimum atomic E-state index is 0.228. The van der Waals surface area contributed by atoms with Gasteiger partial charge in [-0.3, -0.25) is 5.10 Å². The Morgan fingerprint density at radius 1 is 1.12 bits per heavy atom. The van der Waals surface area contributed by atoms with Crippen molar-refractivity contribution in [3.63, 3.8) is 0 Å². The first-order valence-electron chi connectivity index (χ1n) is 7.54. The van der Waals surface area contributed by atoms with Gasteiger partial charge in [-0.15, -0.1) is 20.4 Å². The zero-order chi connectivity index (χ0) is 18.3. The maximum atomic E-state index is 9.46. The Morgan fingerprint density at radius 3 is 2.62 bits per heavy atom. The largest absolute Gasteiger partial charge is 0.293 e. The number of hydrogen-bond acceptors (Lipinski definition) is 9. The van der Waals surface area contributed by atoms with Crippen LogP contribution in [-0.2, 0) is 0 Å². The third kappa shape index (κ3) is 2.30. The minimum absolute atomic E-state index is 0.228. The summed E-state index contributed by atoms with van der Waals surface area (Å²) in [4.78, 5) is 11.9. The maximum Gasteiger partial charge on any atom is 0.255 e. The fraction of sp³-hybridized carbons (Fsp3) is 0.214. The summed E-state index contributed by atoms with van der Waals surface area (Å²) in [6.07, 6.45) is 2.68. The standard InChI is InChI=1S/C14H12N12/c1-7-10(4-15)12(26(23-7)14-17-5-16-6-18-14)21-20-11-8(2)24-25-9(3)19-22-13(11)25/h5-6,24H,1-3H3. The van der Waals surface area contributed by atoms with E-state index in [2.05, 4.69) is 51.6 Å². The van der Waals surface area contributed by atoms with Crippen LogP contribution in [0.25, 0.3) is 11.6 Å². The molecule has 4 heterocycles. The lowest BCUT2D eigenvalue weighted by molar-refractivity contribution is 0.781. The number of nitrogens with one attached hydrogen (secondary N) is 1. The van der Waals surface area contributed by atoms with Crippen molar-refractivity contribution in [1.82, 2.24) is 44.5 Å². The lowest BCUT2D eigenvalue weighted by Gasteiger charge is -1.99. The second-order valence-electron chi connectivity index (χ2n) is 5.44. The molecule has 0 aliphatic rings. The number of hydrogen-bond donors (Lipinski definition) is 1. The third-order valence-corrected chi connectivity index (χ3v) is 3.73. The van der Waals surface area contributed by atoms with Crippen LogP contribution in [0.2, 0.25) is 0 Å². The van der Waals surface area contributed by atoms with Crippen molar-refractivity contribution in [1.29, 1.82) is 5.26 Å². The molecule has 0 saturated carbocycles. The molecule has 4 aromatic heterocycles. The first kappa shape index (κ1) is 15.5. The van der Waals surface area contributed by atoms with Gasteiger partial charge in [-0.2, -0.15) is 25.0 Å². The molecule has 0 atom stereocenters. The maximum absolute atomic E-state index is 9.46. The molecule has 0 fully saturated rings. The van der Waals surface area contributed by atoms with Gasteiger partial charge < -0.3 is 0 Å². The molecule has 128 valence electrons. The Balaban J connectivity index is 1.87. The smallest absolute Gasteiger partial charge is 0.255 e. The molecule has 0 aliphatic heterocycles. The lowest BCUT2D eigenvalue weighted by Crippen LogP contribution is -2.02. The van der Waals surface area contributed by atoms with E-state index >= 15 is 0 Å². The van der Waals surface area contributed by atoms with E-state index < -0.39 is 0 Å². The van der Waals surface area contributed by atoms with Crippen molar-refractivity contribution in [3.05, 3.63) is 35.4 Å². The van der Waals surface area contributed by atoms with E-state index in [0.29, 0.717) is 22.9 Å². The molecule has 0 saturated heterocycles. The van der Waals surface area contributed by atoms with Crippen LogP contribution in [0.3, 0.4) is 0 Å². The van der Waals surface area contributed by atoms with E-state index in [0.717, 1.165) is 5.69 Å². The van der Waals surface area contributed by atoms with Crippen LogP contribution in [0, 0.1) is 32.1 Å². The highest BCUT2D eigenvalue weighted by atomic mass is 15.4. The van der Waals surface area contributed by atoms with E-state index in [1.54, 1.807) is 11.4 Å². The molecule has 0 unspecified atom stereocenters. The highest BCUT2D eigenvalue weighted by Crippen LogP contribution is 2.29. The highest BCUT2D eigenvalue weighted by molar-refractivity contribution is 5.66. The Morgan fingerprint density at radius 2 is 1.88 bits per heavy atom. The van der Waals surface area contributed by atoms with Gasteiger partial charge in [-0.25, -0.2) is 9.50 Å². The van der Waals surface area contributed by atoms with Gasteiger partial charge >= 0.3 is 0 Å². The number of nitrogens with zero attached hydrogens (tertiary/aromatic N) is 11. The van der Waals surface area contributed by atoms with E-state index in [1.807, 2.05) is 13.8 Å². The van der Waals surface area contributed by atoms with Crippen LogP contribution >= 0.6 is 0 Å². The Kier molecular flexibility index (Phi) is 3.47. The normalized spacial score (nSPS) is 11.5. The highest BCUT2D eigenvalue weighted by Gasteiger charge is 2.19. The van der Waals surface area contributed by atoms with Crippen molar-refractivity contribution in [2.75, 3.05) is 0 Å². The zero-order valence-electron chi connectivity index (χ0n) is 14.1. The van der Waals surface area contributed by atoms with Crippen molar-refractivity contribution >= 4 is 17.2 Å². The summed E-state index contributed by atoms with van der Waals surface area (Å²) in [5, 5.41) is 33.4. The quantitative estimate of drug-likeness (QED) is 0.552. The second-order valence-corrected chi connectivity index (χ2v) is 5.44. The average Bonchev–Trinajstić information content (AvgIpc) is 3.27. The predicted octanol–water partition coefficient (Wildman–Crippen LogP) is 1.64. The topological polar surface area (TPSA) is 151 Å². The molecule has 12 nitrogen and oxygen atoms in total. The van der Waals surface area contributed by atoms with Crippen molar-refractivity contribution in [2.45, 2.75) is 20.8 Å². The summed E-state index contributed by atoms with van der Waals surface area (Å²) in [5.74, 6) is 1.17. The second kappa shape index (κ2) is 5.81. The average molecular weight is 348 g/mol. The van der Waals surface area contributed by atoms with E-state index in [9.17, 15) is 5.26 Å². The molecule has 4 rings (SSSR count). The van der Waals surface area contributed by atoms with E-state index in [1.165, 1.54) is 17.3 Å². The van der Waals surface area contributed by atoms with Crippen molar-refractivity contribution in [3.8, 4) is 12.0 Å². The fourth-order valence-corrected chi connectivity index (χ4v) is 2.48. The Labute approximate surface area is 146 Å². The van der Waals surface area contributed by atoms with Crippen molar-refractivity contribution < 1.29 is 0 Å². The molecule has 0 aliphatic carbocycles. The van der Waals surface area contributed by atoms with Gasteiger partial charge in [-0.1, -0.05) is 0 Å². The fourth-order valence-electron chi connectivity index (χ4n) is 2.48. The number of aromatic amines is 1. The van der Waals surface area contributed by atoms with Gasteiger partial charge in [-0.05, 0) is 20.8 Å². The first-order chi connectivity index (χ1) is 12.6. The van der Waals surface area contributed by atoms with Crippen molar-refractivity contribution in [2.24, 2.45) is 10.2 Å². The van der Waals surface area contributed by atoms with Gasteiger partial charge in [0.15, 0.2) is 11.5 Å². The summed E-state index contributed by atoms with van der Waals surface area (Å²) >= 11 is 0. The van der Waals surface area contributed by atoms with Gasteiger partial charge in [0.2, 0.25) is 5.65 Å². The predicted molar refractivity (Wildman–Crippen MR) is 87.4 cm³/mol. The molecule has 12 heteroatoms. The minimum Gasteiger partial charge on any atom is -0.293 e. The number of rotatable bonds is 3. The monoisotopic (exact) mass is 348 g/mol. The van der Waals surface area contributed by atoms with Crippen LogP contribution in [0.5, 0.6) is 0 Å². The van der Waals surface area contributed by atoms with Crippen LogP contribution in [-0.4, -0.2) is 44.5 Å². The Bertz CT molecular complexity index is 1170. The number of aryl methyl sites for hydroxylation is 3. The Hall–Kier alpha value is -4.01. The lowest BCUT2D eigenvalue weighted by atomic mass is 10.3. The van der Waals surface area contributed by atoms with E-state index in [4.69, 9.17) is 0 Å². The molecule has 0 amide bonds. The summed E-state index contributed by atoms with van der Waals surface area (Å²) < 4.78 is 3.07. The number of azo groups is 1. The molecule has 26 heavy (non-hydrogen) atoms. The van der Waals surface area contributed by atoms with Gasteiger partial charge in [0.25, 0.3) is 5.95 Å². The van der Waals surface area contributed by atoms with Gasteiger partial charge in [0, 0.05) is 0 Å². The molecular weight excluding hydrogens is 336 g/mol. The number of nitriles is 1. The van der Waals surface area contributed by atoms with Crippen LogP contribution < -0.4 is 0 Å². The molecular formula is C14H12N12. The van der Waals surface area contributed by atoms with Crippen LogP contribution in [0.4, 0.5) is 11.5 Å². The van der Waals surface area contributed by atoms with Crippen LogP contribution in [0.15, 0.2) is 22.9 Å². The van der Waals surface area contributed by atoms with Gasteiger partial charge in [0.1, 0.15) is 30.1 Å². The summed E-state index contributed by atoms with van der Waals surface area (Å²) in [7, 11) is 0. The zero-order valence-corrected chi connectivity index (χ0v) is 14.1. The molecule has 0 radical (unpaired) electrons. The molecule has 0 spiro atoms. The summed E-state index contributed by atoms with van der Waals surface area (Å²) in [6, 6.07) is 2.09. The van der Waals surface area contributed by atoms with Gasteiger partial charge in [0.05, 0.1) is 11.4 Å². The molecule has 1 N–H and O–H groups in total. The SMILES string of the molecule is Cc1nn(-c2ncncn2)c(N=Nc2c(C)[nH]n3c(C)nnc23)c1C#N. The molecule has 4 aromatic rings. The number of H-pyrrole nitrogens is 1. The summed E-state index contributed by atoms with van der Waals surface area (Å²) in [6.45, 7) is 5.38. The van der Waals surface area contributed by atoms with Crippen LogP contribution in [0.1, 0.15) is 22.8 Å². The molecule has 0 bridgehead atoms. The number of aromatic nitrogens is 9. The molecule has 0 aromatic carbocycles.